The van der Waals surface area contributed by atoms with E-state index in [4.69, 9.17) is 14.5 Å². The summed E-state index contributed by atoms with van der Waals surface area (Å²) in [6.45, 7) is 7.91. The van der Waals surface area contributed by atoms with E-state index in [-0.39, 0.29) is 37.8 Å². The third kappa shape index (κ3) is 8.24. The molecule has 1 saturated heterocycles. The minimum Gasteiger partial charge on any atom is -0.497 e. The lowest BCUT2D eigenvalue weighted by Gasteiger charge is -2.29. The predicted octanol–water partition coefficient (Wildman–Crippen LogP) is 4.83. The first-order valence-electron chi connectivity index (χ1n) is 17.7. The number of benzene rings is 2. The number of nitrogens with one attached hydrogen (secondary N) is 3. The number of ether oxygens (including phenoxy) is 2. The summed E-state index contributed by atoms with van der Waals surface area (Å²) in [5.41, 5.74) is 1.09. The number of aromatic nitrogens is 2. The maximum atomic E-state index is 14.1. The molecule has 1 unspecified atom stereocenters. The molecule has 5 atom stereocenters. The molecule has 53 heavy (non-hydrogen) atoms. The summed E-state index contributed by atoms with van der Waals surface area (Å²) in [5, 5.41) is 19.4. The third-order valence-corrected chi connectivity index (χ3v) is 9.71. The molecule has 4 aromatic rings. The van der Waals surface area contributed by atoms with Crippen LogP contribution in [0.4, 0.5) is 4.79 Å². The maximum Gasteiger partial charge on any atom is 0.330 e. The minimum absolute atomic E-state index is 0.0337. The van der Waals surface area contributed by atoms with E-state index < -0.39 is 47.6 Å². The van der Waals surface area contributed by atoms with Crippen LogP contribution in [0.25, 0.3) is 22.2 Å². The number of carbonyl (C=O) groups excluding carboxylic acids is 3. The number of hydrogen-bond acceptors (Lipinski definition) is 8. The Morgan fingerprint density at radius 2 is 1.89 bits per heavy atom. The number of hydrogen-bond donors (Lipinski definition) is 4. The van der Waals surface area contributed by atoms with Crippen molar-refractivity contribution >= 4 is 34.7 Å². The monoisotopic (exact) mass is 720 g/mol. The zero-order chi connectivity index (χ0) is 37.7. The Morgan fingerprint density at radius 3 is 2.55 bits per heavy atom. The standard InChI is InChI=1S/C40H44N6O7/c1-5-27-20-40(27,38(49)50)45-37(48)34-18-30(23-46(34)39(51)43-28(16-24(2)3)22-42-36(47)26-12-9-15-41-21-26)53-35-19-32(25-10-7-6-8-11-25)44-33-17-29(52-4)13-14-31(33)35/h5-15,17,19,21,24,27-28,30,34H,1,16,18,20,22-23H2,2-4H3,(H,42,47)(H,43,51)(H,45,48)(H,49,50)/t27-,28?,30-,34+,40-/m1/s1. The average Bonchev–Trinajstić information content (AvgIpc) is 3.72. The Bertz CT molecular complexity index is 1990. The molecule has 0 radical (unpaired) electrons. The van der Waals surface area contributed by atoms with Gasteiger partial charge in [-0.05, 0) is 43.0 Å². The van der Waals surface area contributed by atoms with Crippen LogP contribution in [0.15, 0.2) is 91.8 Å². The second kappa shape index (κ2) is 15.7. The van der Waals surface area contributed by atoms with Crippen LogP contribution < -0.4 is 25.4 Å². The van der Waals surface area contributed by atoms with Crippen molar-refractivity contribution in [2.24, 2.45) is 11.8 Å². The molecule has 1 aliphatic carbocycles. The van der Waals surface area contributed by atoms with Crippen LogP contribution in [0.2, 0.25) is 0 Å². The normalized spacial score (nSPS) is 21.1. The molecule has 4 amide bonds. The first kappa shape index (κ1) is 36.8. The zero-order valence-corrected chi connectivity index (χ0v) is 30.0. The smallest absolute Gasteiger partial charge is 0.330 e. The number of fused-ring (bicyclic) bond motifs is 1. The van der Waals surface area contributed by atoms with E-state index in [2.05, 4.69) is 27.5 Å². The number of carbonyl (C=O) groups is 4. The second-order valence-electron chi connectivity index (χ2n) is 13.9. The van der Waals surface area contributed by atoms with Crippen LogP contribution in [-0.4, -0.2) is 87.7 Å². The van der Waals surface area contributed by atoms with Gasteiger partial charge < -0.3 is 35.4 Å². The number of nitrogens with zero attached hydrogens (tertiary/aromatic N) is 3. The summed E-state index contributed by atoms with van der Waals surface area (Å²) in [6.07, 6.45) is 4.76. The van der Waals surface area contributed by atoms with E-state index in [1.807, 2.05) is 68.4 Å². The molecule has 1 aliphatic heterocycles. The molecule has 2 aliphatic rings. The van der Waals surface area contributed by atoms with Gasteiger partial charge in [0.2, 0.25) is 5.91 Å². The van der Waals surface area contributed by atoms with E-state index in [1.54, 1.807) is 25.4 Å². The summed E-state index contributed by atoms with van der Waals surface area (Å²) >= 11 is 0. The van der Waals surface area contributed by atoms with Gasteiger partial charge in [-0.15, -0.1) is 6.58 Å². The molecule has 0 spiro atoms. The van der Waals surface area contributed by atoms with Gasteiger partial charge in [-0.25, -0.2) is 14.6 Å². The predicted molar refractivity (Wildman–Crippen MR) is 198 cm³/mol. The minimum atomic E-state index is -1.48. The van der Waals surface area contributed by atoms with E-state index in [0.717, 1.165) is 5.56 Å². The maximum absolute atomic E-state index is 14.1. The summed E-state index contributed by atoms with van der Waals surface area (Å²) in [7, 11) is 1.58. The van der Waals surface area contributed by atoms with Gasteiger partial charge in [0, 0.05) is 60.4 Å². The molecule has 4 N–H and O–H groups in total. The molecule has 2 fully saturated rings. The fourth-order valence-electron chi connectivity index (χ4n) is 6.85. The van der Waals surface area contributed by atoms with Crippen molar-refractivity contribution in [3.05, 3.63) is 97.3 Å². The molecule has 276 valence electrons. The van der Waals surface area contributed by atoms with Crippen molar-refractivity contribution < 1.29 is 33.8 Å². The number of carboxylic acid groups (broad SMARTS) is 1. The lowest BCUT2D eigenvalue weighted by atomic mass is 10.0. The Labute approximate surface area is 307 Å². The van der Waals surface area contributed by atoms with Gasteiger partial charge in [0.05, 0.1) is 30.4 Å². The Balaban J connectivity index is 1.27. The van der Waals surface area contributed by atoms with E-state index >= 15 is 0 Å². The highest BCUT2D eigenvalue weighted by molar-refractivity contribution is 5.95. The number of likely N-dealkylation sites (tertiary alicyclic amines) is 1. The van der Waals surface area contributed by atoms with Crippen LogP contribution in [0, 0.1) is 11.8 Å². The number of carboxylic acids is 1. The Morgan fingerprint density at radius 1 is 1.09 bits per heavy atom. The lowest BCUT2D eigenvalue weighted by molar-refractivity contribution is -0.144. The van der Waals surface area contributed by atoms with Crippen molar-refractivity contribution in [3.8, 4) is 22.8 Å². The molecule has 1 saturated carbocycles. The molecule has 6 rings (SSSR count). The quantitative estimate of drug-likeness (QED) is 0.133. The zero-order valence-electron chi connectivity index (χ0n) is 30.0. The summed E-state index contributed by atoms with van der Waals surface area (Å²) in [6, 6.07) is 18.2. The summed E-state index contributed by atoms with van der Waals surface area (Å²) in [4.78, 5) is 63.4. The van der Waals surface area contributed by atoms with Crippen LogP contribution in [0.5, 0.6) is 11.5 Å². The number of rotatable bonds is 14. The molecule has 13 nitrogen and oxygen atoms in total. The molecular weight excluding hydrogens is 676 g/mol. The van der Waals surface area contributed by atoms with Crippen LogP contribution in [-0.2, 0) is 9.59 Å². The Kier molecular flexibility index (Phi) is 10.9. The van der Waals surface area contributed by atoms with Crippen molar-refractivity contribution in [1.82, 2.24) is 30.8 Å². The lowest BCUT2D eigenvalue weighted by Crippen LogP contribution is -2.56. The topological polar surface area (TPSA) is 172 Å². The van der Waals surface area contributed by atoms with Gasteiger partial charge >= 0.3 is 12.0 Å². The van der Waals surface area contributed by atoms with Crippen molar-refractivity contribution in [3.63, 3.8) is 0 Å². The molecular formula is C40H44N6O7. The number of urea groups is 1. The number of methoxy groups -OCH3 is 1. The van der Waals surface area contributed by atoms with Crippen molar-refractivity contribution in [2.75, 3.05) is 20.2 Å². The van der Waals surface area contributed by atoms with Gasteiger partial charge in [0.25, 0.3) is 5.91 Å². The highest BCUT2D eigenvalue weighted by Gasteiger charge is 2.61. The first-order chi connectivity index (χ1) is 25.5. The van der Waals surface area contributed by atoms with Crippen LogP contribution in [0.1, 0.15) is 43.5 Å². The molecule has 2 aromatic carbocycles. The fourth-order valence-corrected chi connectivity index (χ4v) is 6.85. The van der Waals surface area contributed by atoms with Gasteiger partial charge in [-0.3, -0.25) is 14.6 Å². The first-order valence-corrected chi connectivity index (χ1v) is 17.7. The average molecular weight is 721 g/mol. The van der Waals surface area contributed by atoms with Gasteiger partial charge in [0.15, 0.2) is 0 Å². The van der Waals surface area contributed by atoms with Gasteiger partial charge in [-0.2, -0.15) is 0 Å². The molecule has 3 heterocycles. The third-order valence-electron chi connectivity index (χ3n) is 9.71. The van der Waals surface area contributed by atoms with Crippen molar-refractivity contribution in [2.45, 2.75) is 56.8 Å². The second-order valence-corrected chi connectivity index (χ2v) is 13.9. The highest BCUT2D eigenvalue weighted by atomic mass is 16.5. The highest BCUT2D eigenvalue weighted by Crippen LogP contribution is 2.45. The molecule has 0 bridgehead atoms. The number of aliphatic carboxylic acids is 1. The largest absolute Gasteiger partial charge is 0.497 e. The number of amides is 4. The SMILES string of the molecule is C=C[C@@H]1C[C@]1(NC(=O)[C@@H]1C[C@@H](Oc2cc(-c3ccccc3)nc3cc(OC)ccc23)CN1C(=O)NC(CNC(=O)c1cccnc1)CC(C)C)C(=O)O. The van der Waals surface area contributed by atoms with E-state index in [9.17, 15) is 24.3 Å². The van der Waals surface area contributed by atoms with Gasteiger partial charge in [-0.1, -0.05) is 50.3 Å². The Hall–Kier alpha value is -5.98. The molecule has 13 heteroatoms. The van der Waals surface area contributed by atoms with Crippen LogP contribution >= 0.6 is 0 Å². The van der Waals surface area contributed by atoms with Crippen LogP contribution in [0.3, 0.4) is 0 Å². The van der Waals surface area contributed by atoms with Gasteiger partial charge in [0.1, 0.15) is 29.2 Å². The molecule has 2 aromatic heterocycles. The summed E-state index contributed by atoms with van der Waals surface area (Å²) in [5.74, 6) is -1.22. The summed E-state index contributed by atoms with van der Waals surface area (Å²) < 4.78 is 12.1. The van der Waals surface area contributed by atoms with E-state index in [1.165, 1.54) is 17.2 Å². The fraction of sp³-hybridized carbons (Fsp3) is 0.350. The van der Waals surface area contributed by atoms with E-state index in [0.29, 0.717) is 40.1 Å². The van der Waals surface area contributed by atoms with Crippen molar-refractivity contribution in [1.29, 1.82) is 0 Å². The number of pyridine rings is 2.